The van der Waals surface area contributed by atoms with Crippen LogP contribution in [-0.4, -0.2) is 17.8 Å². The molecule has 0 bridgehead atoms. The molecule has 0 aliphatic heterocycles. The molecule has 0 spiro atoms. The second-order valence-electron chi connectivity index (χ2n) is 3.87. The molecule has 2 heterocycles. The molecule has 0 aliphatic carbocycles. The molecule has 0 saturated carbocycles. The molecule has 0 amide bonds. The Morgan fingerprint density at radius 2 is 1.71 bits per heavy atom. The first kappa shape index (κ1) is 10.0. The molecule has 78 valence electrons. The summed E-state index contributed by atoms with van der Waals surface area (Å²) in [4.78, 5) is 8.37. The molecular weight excluding hydrogens is 207 g/mol. The zero-order valence-electron chi connectivity index (χ0n) is 9.17. The van der Waals surface area contributed by atoms with Gasteiger partial charge in [0.15, 0.2) is 0 Å². The van der Waals surface area contributed by atoms with Gasteiger partial charge >= 0.3 is 0 Å². The van der Waals surface area contributed by atoms with Gasteiger partial charge in [-0.05, 0) is 35.4 Å². The van der Waals surface area contributed by atoms with Gasteiger partial charge in [-0.15, -0.1) is 0 Å². The smallest absolute Gasteiger partial charge is 0.113 e. The molecule has 0 saturated heterocycles. The molecule has 0 aliphatic rings. The Kier molecular flexibility index (Phi) is 2.37. The largest absolute Gasteiger partial charge is 0.265 e. The van der Waals surface area contributed by atoms with Crippen molar-refractivity contribution < 1.29 is 0 Å². The minimum absolute atomic E-state index is 0.751. The summed E-state index contributed by atoms with van der Waals surface area (Å²) in [5.41, 5.74) is 3.96. The Labute approximate surface area is 101 Å². The summed E-state index contributed by atoms with van der Waals surface area (Å²) in [7, 11) is 5.83. The third-order valence-corrected chi connectivity index (χ3v) is 2.76. The van der Waals surface area contributed by atoms with Crippen molar-refractivity contribution in [1.29, 1.82) is 0 Å². The normalized spacial score (nSPS) is 10.6. The Morgan fingerprint density at radius 3 is 2.53 bits per heavy atom. The molecule has 1 aromatic carbocycles. The molecule has 0 atom stereocenters. The van der Waals surface area contributed by atoms with Crippen LogP contribution in [0.4, 0.5) is 0 Å². The van der Waals surface area contributed by atoms with Crippen molar-refractivity contribution in [2.24, 2.45) is 0 Å². The van der Waals surface area contributed by atoms with Gasteiger partial charge in [-0.3, -0.25) is 9.97 Å². The second-order valence-corrected chi connectivity index (χ2v) is 3.87. The minimum atomic E-state index is 0.751. The number of fused-ring (bicyclic) bond motifs is 1. The SMILES string of the molecule is [B]c1ccc2nccc(-c3ccncc3)c2c1. The van der Waals surface area contributed by atoms with E-state index in [-0.39, 0.29) is 0 Å². The molecule has 3 aromatic rings. The fraction of sp³-hybridized carbons (Fsp3) is 0. The van der Waals surface area contributed by atoms with Crippen LogP contribution in [0.25, 0.3) is 22.0 Å². The highest BCUT2D eigenvalue weighted by Gasteiger charge is 2.03. The predicted octanol–water partition coefficient (Wildman–Crippen LogP) is 2.09. The van der Waals surface area contributed by atoms with Gasteiger partial charge in [0.2, 0.25) is 0 Å². The van der Waals surface area contributed by atoms with Crippen LogP contribution in [0.1, 0.15) is 0 Å². The van der Waals surface area contributed by atoms with E-state index in [1.54, 1.807) is 12.4 Å². The van der Waals surface area contributed by atoms with E-state index in [9.17, 15) is 0 Å². The summed E-state index contributed by atoms with van der Waals surface area (Å²) in [6.07, 6.45) is 5.38. The summed E-state index contributed by atoms with van der Waals surface area (Å²) in [6.45, 7) is 0. The molecule has 2 radical (unpaired) electrons. The number of benzene rings is 1. The molecule has 0 unspecified atom stereocenters. The van der Waals surface area contributed by atoms with E-state index in [0.29, 0.717) is 0 Å². The molecular formula is C14H9BN2. The number of nitrogens with zero attached hydrogens (tertiary/aromatic N) is 2. The van der Waals surface area contributed by atoms with Crippen molar-refractivity contribution in [2.45, 2.75) is 0 Å². The maximum Gasteiger partial charge on any atom is 0.113 e. The molecule has 2 aromatic heterocycles. The standard InChI is InChI=1S/C14H9BN2/c15-11-1-2-14-13(9-11)12(5-8-17-14)10-3-6-16-7-4-10/h1-9H. The van der Waals surface area contributed by atoms with E-state index >= 15 is 0 Å². The van der Waals surface area contributed by atoms with E-state index < -0.39 is 0 Å². The Morgan fingerprint density at radius 1 is 0.882 bits per heavy atom. The lowest BCUT2D eigenvalue weighted by Gasteiger charge is -2.06. The Hall–Kier alpha value is -2.16. The van der Waals surface area contributed by atoms with E-state index in [1.807, 2.05) is 42.6 Å². The van der Waals surface area contributed by atoms with Crippen molar-refractivity contribution >= 4 is 24.2 Å². The van der Waals surface area contributed by atoms with Gasteiger partial charge in [0.25, 0.3) is 0 Å². The summed E-state index contributed by atoms with van der Waals surface area (Å²) in [5, 5.41) is 1.07. The third kappa shape index (κ3) is 1.80. The highest BCUT2D eigenvalue weighted by atomic mass is 14.6. The van der Waals surface area contributed by atoms with Gasteiger partial charge < -0.3 is 0 Å². The molecule has 0 fully saturated rings. The van der Waals surface area contributed by atoms with Gasteiger partial charge in [0.05, 0.1) is 5.52 Å². The first-order valence-electron chi connectivity index (χ1n) is 5.39. The number of aromatic nitrogens is 2. The van der Waals surface area contributed by atoms with Gasteiger partial charge in [0, 0.05) is 24.0 Å². The molecule has 3 heteroatoms. The lowest BCUT2D eigenvalue weighted by Crippen LogP contribution is -2.00. The topological polar surface area (TPSA) is 25.8 Å². The Balaban J connectivity index is 2.33. The van der Waals surface area contributed by atoms with Crippen LogP contribution in [0.5, 0.6) is 0 Å². The predicted molar refractivity (Wildman–Crippen MR) is 70.4 cm³/mol. The highest BCUT2D eigenvalue weighted by molar-refractivity contribution is 6.33. The number of pyridine rings is 2. The van der Waals surface area contributed by atoms with E-state index in [0.717, 1.165) is 27.5 Å². The zero-order chi connectivity index (χ0) is 11.7. The summed E-state index contributed by atoms with van der Waals surface area (Å²) >= 11 is 0. The number of hydrogen-bond donors (Lipinski definition) is 0. The minimum Gasteiger partial charge on any atom is -0.265 e. The fourth-order valence-corrected chi connectivity index (χ4v) is 1.95. The summed E-state index contributed by atoms with van der Waals surface area (Å²) < 4.78 is 0. The molecule has 2 nitrogen and oxygen atoms in total. The lowest BCUT2D eigenvalue weighted by atomic mass is 9.92. The van der Waals surface area contributed by atoms with Crippen molar-refractivity contribution in [3.8, 4) is 11.1 Å². The third-order valence-electron chi connectivity index (χ3n) is 2.76. The van der Waals surface area contributed by atoms with Crippen molar-refractivity contribution in [2.75, 3.05) is 0 Å². The van der Waals surface area contributed by atoms with Crippen molar-refractivity contribution in [1.82, 2.24) is 9.97 Å². The second kappa shape index (κ2) is 4.02. The van der Waals surface area contributed by atoms with Crippen molar-refractivity contribution in [3.05, 3.63) is 55.0 Å². The quantitative estimate of drug-likeness (QED) is 0.582. The van der Waals surface area contributed by atoms with Gasteiger partial charge in [-0.2, -0.15) is 0 Å². The average molecular weight is 216 g/mol. The summed E-state index contributed by atoms with van der Waals surface area (Å²) in [5.74, 6) is 0. The van der Waals surface area contributed by atoms with Crippen LogP contribution < -0.4 is 5.46 Å². The monoisotopic (exact) mass is 216 g/mol. The number of hydrogen-bond acceptors (Lipinski definition) is 2. The molecule has 3 rings (SSSR count). The Bertz CT molecular complexity index is 665. The maximum atomic E-state index is 5.83. The van der Waals surface area contributed by atoms with Crippen LogP contribution in [0, 0.1) is 0 Å². The van der Waals surface area contributed by atoms with Crippen LogP contribution in [0.3, 0.4) is 0 Å². The first-order chi connectivity index (χ1) is 8.34. The highest BCUT2D eigenvalue weighted by Crippen LogP contribution is 2.25. The maximum absolute atomic E-state index is 5.83. The van der Waals surface area contributed by atoms with E-state index in [2.05, 4.69) is 9.97 Å². The van der Waals surface area contributed by atoms with E-state index in [4.69, 9.17) is 7.85 Å². The van der Waals surface area contributed by atoms with Crippen molar-refractivity contribution in [3.63, 3.8) is 0 Å². The first-order valence-corrected chi connectivity index (χ1v) is 5.39. The van der Waals surface area contributed by atoms with Crippen LogP contribution >= 0.6 is 0 Å². The van der Waals surface area contributed by atoms with Gasteiger partial charge in [-0.25, -0.2) is 0 Å². The van der Waals surface area contributed by atoms with Crippen LogP contribution in [0.2, 0.25) is 0 Å². The fourth-order valence-electron chi connectivity index (χ4n) is 1.95. The van der Waals surface area contributed by atoms with Crippen LogP contribution in [0.15, 0.2) is 55.0 Å². The average Bonchev–Trinajstić information content (AvgIpc) is 2.39. The van der Waals surface area contributed by atoms with Crippen LogP contribution in [-0.2, 0) is 0 Å². The summed E-state index contributed by atoms with van der Waals surface area (Å²) in [6, 6.07) is 11.7. The van der Waals surface area contributed by atoms with Gasteiger partial charge in [0.1, 0.15) is 7.85 Å². The number of rotatable bonds is 1. The van der Waals surface area contributed by atoms with Gasteiger partial charge in [-0.1, -0.05) is 17.6 Å². The molecule has 0 N–H and O–H groups in total. The van der Waals surface area contributed by atoms with E-state index in [1.165, 1.54) is 0 Å². The lowest BCUT2D eigenvalue weighted by molar-refractivity contribution is 1.33. The molecule has 17 heavy (non-hydrogen) atoms. The zero-order valence-corrected chi connectivity index (χ0v) is 9.17.